The quantitative estimate of drug-likeness (QED) is 0.720. The second-order valence-electron chi connectivity index (χ2n) is 4.35. The van der Waals surface area contributed by atoms with Gasteiger partial charge in [-0.1, -0.05) is 11.2 Å². The molecule has 18 heavy (non-hydrogen) atoms. The van der Waals surface area contributed by atoms with Gasteiger partial charge in [0.2, 0.25) is 0 Å². The van der Waals surface area contributed by atoms with E-state index in [1.54, 1.807) is 13.2 Å². The average Bonchev–Trinajstić information content (AvgIpc) is 2.73. The number of benzene rings is 1. The van der Waals surface area contributed by atoms with Gasteiger partial charge in [-0.2, -0.15) is 0 Å². The van der Waals surface area contributed by atoms with Crippen molar-refractivity contribution in [2.75, 3.05) is 17.6 Å². The molecular weight excluding hydrogens is 230 g/mol. The summed E-state index contributed by atoms with van der Waals surface area (Å²) < 4.78 is 4.91. The fraction of sp³-hybridized carbons (Fsp3) is 0.308. The molecule has 1 atom stereocenters. The molecular formula is C13H17N3O2. The van der Waals surface area contributed by atoms with E-state index >= 15 is 0 Å². The maximum atomic E-state index is 9.22. The molecule has 4 N–H and O–H groups in total. The van der Waals surface area contributed by atoms with E-state index in [1.165, 1.54) is 0 Å². The number of aliphatic hydroxyl groups excluding tert-OH is 1. The van der Waals surface area contributed by atoms with Gasteiger partial charge in [0.1, 0.15) is 6.26 Å². The second-order valence-corrected chi connectivity index (χ2v) is 4.35. The smallest absolute Gasteiger partial charge is 0.131 e. The van der Waals surface area contributed by atoms with Gasteiger partial charge in [-0.25, -0.2) is 0 Å². The lowest BCUT2D eigenvalue weighted by atomic mass is 10.1. The molecule has 1 aromatic carbocycles. The van der Waals surface area contributed by atoms with Crippen molar-refractivity contribution in [2.45, 2.75) is 20.0 Å². The normalized spacial score (nSPS) is 12.4. The van der Waals surface area contributed by atoms with Crippen molar-refractivity contribution in [2.24, 2.45) is 0 Å². The molecule has 0 aliphatic rings. The first-order valence-electron chi connectivity index (χ1n) is 5.80. The highest BCUT2D eigenvalue weighted by molar-refractivity contribution is 5.76. The van der Waals surface area contributed by atoms with Gasteiger partial charge in [0, 0.05) is 12.1 Å². The van der Waals surface area contributed by atoms with E-state index in [0.717, 1.165) is 22.5 Å². The van der Waals surface area contributed by atoms with Crippen molar-refractivity contribution >= 4 is 11.4 Å². The van der Waals surface area contributed by atoms with E-state index in [4.69, 9.17) is 10.3 Å². The molecule has 0 saturated heterocycles. The van der Waals surface area contributed by atoms with Gasteiger partial charge in [0.25, 0.3) is 0 Å². The lowest BCUT2D eigenvalue weighted by Crippen LogP contribution is -2.16. The van der Waals surface area contributed by atoms with E-state index in [-0.39, 0.29) is 0 Å². The topological polar surface area (TPSA) is 84.3 Å². The standard InChI is InChI=1S/C13H17N3O2/c1-8(17)6-15-13-4-3-10(5-12(13)14)11-7-18-16-9(11)2/h3-5,7-8,15,17H,6,14H2,1-2H3. The molecule has 5 heteroatoms. The minimum absolute atomic E-state index is 0.413. The SMILES string of the molecule is Cc1nocc1-c1ccc(NCC(C)O)c(N)c1. The number of rotatable bonds is 4. The van der Waals surface area contributed by atoms with E-state index in [0.29, 0.717) is 12.2 Å². The predicted octanol–water partition coefficient (Wildman–Crippen LogP) is 2.02. The number of hydrogen-bond donors (Lipinski definition) is 3. The predicted molar refractivity (Wildman–Crippen MR) is 71.3 cm³/mol. The van der Waals surface area contributed by atoms with Crippen LogP contribution in [-0.4, -0.2) is 22.9 Å². The van der Waals surface area contributed by atoms with E-state index in [9.17, 15) is 5.11 Å². The summed E-state index contributed by atoms with van der Waals surface area (Å²) >= 11 is 0. The third-order valence-electron chi connectivity index (χ3n) is 2.70. The van der Waals surface area contributed by atoms with Crippen LogP contribution in [0.15, 0.2) is 29.0 Å². The highest BCUT2D eigenvalue weighted by Crippen LogP contribution is 2.28. The molecule has 0 aliphatic carbocycles. The minimum Gasteiger partial charge on any atom is -0.397 e. The zero-order chi connectivity index (χ0) is 13.1. The number of nitrogens with one attached hydrogen (secondary N) is 1. The molecule has 1 aromatic heterocycles. The molecule has 0 fully saturated rings. The van der Waals surface area contributed by atoms with E-state index < -0.39 is 6.10 Å². The van der Waals surface area contributed by atoms with Crippen molar-refractivity contribution in [3.63, 3.8) is 0 Å². The first-order chi connectivity index (χ1) is 8.58. The molecule has 2 rings (SSSR count). The summed E-state index contributed by atoms with van der Waals surface area (Å²) in [5.74, 6) is 0. The number of aryl methyl sites for hydroxylation is 1. The first kappa shape index (κ1) is 12.4. The number of anilines is 2. The first-order valence-corrected chi connectivity index (χ1v) is 5.80. The molecule has 0 saturated carbocycles. The van der Waals surface area contributed by atoms with Crippen LogP contribution in [-0.2, 0) is 0 Å². The number of aromatic nitrogens is 1. The van der Waals surface area contributed by atoms with Gasteiger partial charge in [-0.3, -0.25) is 0 Å². The molecule has 5 nitrogen and oxygen atoms in total. The molecule has 0 bridgehead atoms. The average molecular weight is 247 g/mol. The molecule has 0 amide bonds. The number of hydrogen-bond acceptors (Lipinski definition) is 5. The van der Waals surface area contributed by atoms with Crippen LogP contribution in [0.4, 0.5) is 11.4 Å². The molecule has 96 valence electrons. The maximum Gasteiger partial charge on any atom is 0.131 e. The number of nitrogens with two attached hydrogens (primary N) is 1. The Labute approximate surface area is 106 Å². The number of nitrogen functional groups attached to an aromatic ring is 1. The minimum atomic E-state index is -0.413. The fourth-order valence-corrected chi connectivity index (χ4v) is 1.72. The van der Waals surface area contributed by atoms with Crippen LogP contribution in [0.3, 0.4) is 0 Å². The Morgan fingerprint density at radius 3 is 2.83 bits per heavy atom. The van der Waals surface area contributed by atoms with Gasteiger partial charge in [-0.15, -0.1) is 0 Å². The molecule has 0 radical (unpaired) electrons. The summed E-state index contributed by atoms with van der Waals surface area (Å²) in [5.41, 5.74) is 10.1. The lowest BCUT2D eigenvalue weighted by Gasteiger charge is -2.11. The Bertz CT molecular complexity index is 535. The summed E-state index contributed by atoms with van der Waals surface area (Å²) in [5, 5.41) is 16.1. The van der Waals surface area contributed by atoms with Crippen molar-refractivity contribution in [3.05, 3.63) is 30.2 Å². The largest absolute Gasteiger partial charge is 0.397 e. The van der Waals surface area contributed by atoms with Crippen LogP contribution in [0, 0.1) is 6.92 Å². The van der Waals surface area contributed by atoms with Gasteiger partial charge < -0.3 is 20.7 Å². The number of aliphatic hydroxyl groups is 1. The zero-order valence-corrected chi connectivity index (χ0v) is 10.5. The summed E-state index contributed by atoms with van der Waals surface area (Å²) in [7, 11) is 0. The van der Waals surface area contributed by atoms with Gasteiger partial charge >= 0.3 is 0 Å². The molecule has 0 aliphatic heterocycles. The third-order valence-corrected chi connectivity index (χ3v) is 2.70. The Morgan fingerprint density at radius 2 is 2.28 bits per heavy atom. The lowest BCUT2D eigenvalue weighted by molar-refractivity contribution is 0.208. The van der Waals surface area contributed by atoms with E-state index in [2.05, 4.69) is 10.5 Å². The Hall–Kier alpha value is -2.01. The van der Waals surface area contributed by atoms with Crippen molar-refractivity contribution in [1.29, 1.82) is 0 Å². The Balaban J connectivity index is 2.22. The van der Waals surface area contributed by atoms with Crippen molar-refractivity contribution in [3.8, 4) is 11.1 Å². The number of nitrogens with zero attached hydrogens (tertiary/aromatic N) is 1. The highest BCUT2D eigenvalue weighted by atomic mass is 16.5. The summed E-state index contributed by atoms with van der Waals surface area (Å²) in [6.07, 6.45) is 1.19. The van der Waals surface area contributed by atoms with Crippen LogP contribution >= 0.6 is 0 Å². The van der Waals surface area contributed by atoms with Crippen LogP contribution in [0.25, 0.3) is 11.1 Å². The molecule has 1 heterocycles. The van der Waals surface area contributed by atoms with Crippen molar-refractivity contribution < 1.29 is 9.63 Å². The summed E-state index contributed by atoms with van der Waals surface area (Å²) in [6, 6.07) is 5.70. The highest BCUT2D eigenvalue weighted by Gasteiger charge is 2.08. The van der Waals surface area contributed by atoms with Crippen LogP contribution in [0.5, 0.6) is 0 Å². The maximum absolute atomic E-state index is 9.22. The fourth-order valence-electron chi connectivity index (χ4n) is 1.72. The molecule has 1 unspecified atom stereocenters. The Morgan fingerprint density at radius 1 is 1.50 bits per heavy atom. The Kier molecular flexibility index (Phi) is 3.53. The van der Waals surface area contributed by atoms with Crippen molar-refractivity contribution in [1.82, 2.24) is 5.16 Å². The molecule has 2 aromatic rings. The zero-order valence-electron chi connectivity index (χ0n) is 10.5. The third kappa shape index (κ3) is 2.62. The molecule has 0 spiro atoms. The van der Waals surface area contributed by atoms with Gasteiger partial charge in [-0.05, 0) is 31.5 Å². The summed E-state index contributed by atoms with van der Waals surface area (Å²) in [4.78, 5) is 0. The van der Waals surface area contributed by atoms with Crippen LogP contribution in [0.1, 0.15) is 12.6 Å². The van der Waals surface area contributed by atoms with Crippen LogP contribution < -0.4 is 11.1 Å². The van der Waals surface area contributed by atoms with Gasteiger partial charge in [0.05, 0.1) is 23.2 Å². The van der Waals surface area contributed by atoms with Gasteiger partial charge in [0.15, 0.2) is 0 Å². The second kappa shape index (κ2) is 5.10. The van der Waals surface area contributed by atoms with E-state index in [1.807, 2.05) is 25.1 Å². The summed E-state index contributed by atoms with van der Waals surface area (Å²) in [6.45, 7) is 4.07. The van der Waals surface area contributed by atoms with Crippen LogP contribution in [0.2, 0.25) is 0 Å². The monoisotopic (exact) mass is 247 g/mol.